The molecule has 54 heavy (non-hydrogen) atoms. The molecule has 10 aromatic rings. The zero-order chi connectivity index (χ0) is 35.8. The second kappa shape index (κ2) is 13.3. The number of rotatable bonds is 7. The van der Waals surface area contributed by atoms with Gasteiger partial charge in [0.15, 0.2) is 17.5 Å². The van der Waals surface area contributed by atoms with Gasteiger partial charge in [-0.25, -0.2) is 15.0 Å². The van der Waals surface area contributed by atoms with Crippen molar-refractivity contribution in [1.82, 2.24) is 15.0 Å². The van der Waals surface area contributed by atoms with Crippen LogP contribution < -0.4 is 4.90 Å². The van der Waals surface area contributed by atoms with Crippen LogP contribution in [0, 0.1) is 0 Å². The van der Waals surface area contributed by atoms with Gasteiger partial charge in [-0.15, -0.1) is 0 Å². The van der Waals surface area contributed by atoms with Gasteiger partial charge < -0.3 is 9.32 Å². The van der Waals surface area contributed by atoms with Crippen molar-refractivity contribution in [3.63, 3.8) is 0 Å². The zero-order valence-corrected chi connectivity index (χ0v) is 29.2. The predicted octanol–water partition coefficient (Wildman–Crippen LogP) is 13.1. The van der Waals surface area contributed by atoms with Gasteiger partial charge in [0.25, 0.3) is 0 Å². The highest BCUT2D eigenvalue weighted by Gasteiger charge is 2.18. The lowest BCUT2D eigenvalue weighted by atomic mass is 9.98. The first-order valence-corrected chi connectivity index (χ1v) is 18.0. The lowest BCUT2D eigenvalue weighted by Gasteiger charge is -2.25. The minimum Gasteiger partial charge on any atom is -0.456 e. The highest BCUT2D eigenvalue weighted by atomic mass is 16.3. The number of aromatic nitrogens is 3. The van der Waals surface area contributed by atoms with E-state index in [1.54, 1.807) is 0 Å². The Morgan fingerprint density at radius 3 is 1.59 bits per heavy atom. The Balaban J connectivity index is 1.04. The molecule has 0 fully saturated rings. The Bertz CT molecular complexity index is 2880. The average Bonchev–Trinajstić information content (AvgIpc) is 3.63. The van der Waals surface area contributed by atoms with Gasteiger partial charge in [-0.1, -0.05) is 140 Å². The van der Waals surface area contributed by atoms with Crippen molar-refractivity contribution < 1.29 is 4.42 Å². The molecule has 5 heteroatoms. The summed E-state index contributed by atoms with van der Waals surface area (Å²) in [5.41, 5.74) is 9.86. The third-order valence-electron chi connectivity index (χ3n) is 9.90. The number of hydrogen-bond donors (Lipinski definition) is 0. The van der Waals surface area contributed by atoms with Crippen LogP contribution in [0.2, 0.25) is 0 Å². The van der Waals surface area contributed by atoms with E-state index in [0.29, 0.717) is 17.5 Å². The quantitative estimate of drug-likeness (QED) is 0.166. The Hall–Kier alpha value is -7.37. The molecular weight excluding hydrogens is 661 g/mol. The van der Waals surface area contributed by atoms with Crippen LogP contribution >= 0.6 is 0 Å². The van der Waals surface area contributed by atoms with E-state index in [1.165, 1.54) is 5.39 Å². The summed E-state index contributed by atoms with van der Waals surface area (Å²) in [6, 6.07) is 66.9. The molecule has 0 saturated heterocycles. The van der Waals surface area contributed by atoms with Gasteiger partial charge in [0, 0.05) is 50.6 Å². The number of hydrogen-bond acceptors (Lipinski definition) is 5. The summed E-state index contributed by atoms with van der Waals surface area (Å²) in [6.45, 7) is 0. The number of nitrogens with zero attached hydrogens (tertiary/aromatic N) is 4. The van der Waals surface area contributed by atoms with Crippen molar-refractivity contribution in [2.24, 2.45) is 0 Å². The van der Waals surface area contributed by atoms with Crippen molar-refractivity contribution in [3.8, 4) is 45.3 Å². The Morgan fingerprint density at radius 1 is 0.352 bits per heavy atom. The Labute approximate surface area is 312 Å². The van der Waals surface area contributed by atoms with E-state index in [1.807, 2.05) is 48.5 Å². The van der Waals surface area contributed by atoms with E-state index >= 15 is 0 Å². The van der Waals surface area contributed by atoms with Crippen molar-refractivity contribution in [2.75, 3.05) is 4.90 Å². The van der Waals surface area contributed by atoms with Gasteiger partial charge in [0.2, 0.25) is 0 Å². The monoisotopic (exact) mass is 692 g/mol. The van der Waals surface area contributed by atoms with E-state index in [0.717, 1.165) is 72.2 Å². The number of anilines is 3. The summed E-state index contributed by atoms with van der Waals surface area (Å²) >= 11 is 0. The molecule has 0 aliphatic heterocycles. The molecule has 2 heterocycles. The molecule has 0 atom stereocenters. The van der Waals surface area contributed by atoms with Crippen molar-refractivity contribution in [3.05, 3.63) is 194 Å². The molecule has 0 aliphatic rings. The number of furan rings is 1. The molecule has 0 bridgehead atoms. The van der Waals surface area contributed by atoms with Gasteiger partial charge in [0.1, 0.15) is 11.2 Å². The largest absolute Gasteiger partial charge is 0.456 e. The molecule has 254 valence electrons. The third-order valence-corrected chi connectivity index (χ3v) is 9.90. The van der Waals surface area contributed by atoms with E-state index in [2.05, 4.69) is 150 Å². The number of para-hydroxylation sites is 2. The van der Waals surface area contributed by atoms with Crippen molar-refractivity contribution >= 4 is 49.8 Å². The highest BCUT2D eigenvalue weighted by Crippen LogP contribution is 2.41. The molecule has 10 rings (SSSR count). The van der Waals surface area contributed by atoms with Crippen LogP contribution in [-0.4, -0.2) is 15.0 Å². The normalized spacial score (nSPS) is 11.3. The standard InChI is InChI=1S/C49H32N4O/c1-4-14-35(15-5-1)47-50-48(52-49(51-47)38-28-23-33-13-10-11-16-37(33)31-38)36-26-24-34(25-27-36)42-21-12-22-44-46(42)43-30-29-41(32-45(43)54-44)53(39-17-6-2-7-18-39)40-19-8-3-9-20-40/h1-32H. The molecule has 0 aliphatic carbocycles. The van der Waals surface area contributed by atoms with E-state index in [4.69, 9.17) is 19.4 Å². The van der Waals surface area contributed by atoms with Crippen LogP contribution in [0.1, 0.15) is 0 Å². The molecule has 0 amide bonds. The maximum Gasteiger partial charge on any atom is 0.164 e. The van der Waals surface area contributed by atoms with Gasteiger partial charge in [-0.3, -0.25) is 0 Å². The first-order valence-electron chi connectivity index (χ1n) is 18.0. The summed E-state index contributed by atoms with van der Waals surface area (Å²) in [7, 11) is 0. The van der Waals surface area contributed by atoms with Crippen molar-refractivity contribution in [2.45, 2.75) is 0 Å². The zero-order valence-electron chi connectivity index (χ0n) is 29.2. The van der Waals surface area contributed by atoms with Crippen LogP contribution in [0.4, 0.5) is 17.1 Å². The van der Waals surface area contributed by atoms with E-state index < -0.39 is 0 Å². The predicted molar refractivity (Wildman–Crippen MR) is 221 cm³/mol. The van der Waals surface area contributed by atoms with Gasteiger partial charge in [0.05, 0.1) is 0 Å². The molecule has 0 saturated carbocycles. The maximum absolute atomic E-state index is 6.55. The smallest absolute Gasteiger partial charge is 0.164 e. The van der Waals surface area contributed by atoms with Gasteiger partial charge in [-0.2, -0.15) is 0 Å². The summed E-state index contributed by atoms with van der Waals surface area (Å²) in [4.78, 5) is 17.2. The second-order valence-corrected chi connectivity index (χ2v) is 13.3. The van der Waals surface area contributed by atoms with Crippen LogP contribution in [0.3, 0.4) is 0 Å². The van der Waals surface area contributed by atoms with Gasteiger partial charge in [-0.05, 0) is 70.4 Å². The molecule has 5 nitrogen and oxygen atoms in total. The second-order valence-electron chi connectivity index (χ2n) is 13.3. The Morgan fingerprint density at radius 2 is 0.907 bits per heavy atom. The van der Waals surface area contributed by atoms with Gasteiger partial charge >= 0.3 is 0 Å². The summed E-state index contributed by atoms with van der Waals surface area (Å²) in [5, 5.41) is 4.48. The molecule has 0 spiro atoms. The molecule has 8 aromatic carbocycles. The SMILES string of the molecule is c1ccc(-c2nc(-c3ccc(-c4cccc5oc6cc(N(c7ccccc7)c7ccccc7)ccc6c45)cc3)nc(-c3ccc4ccccc4c3)n2)cc1. The Kier molecular flexibility index (Phi) is 7.73. The summed E-state index contributed by atoms with van der Waals surface area (Å²) in [5.74, 6) is 1.90. The van der Waals surface area contributed by atoms with Crippen molar-refractivity contribution in [1.29, 1.82) is 0 Å². The minimum atomic E-state index is 0.624. The van der Waals surface area contributed by atoms with E-state index in [-0.39, 0.29) is 0 Å². The molecule has 2 aromatic heterocycles. The fourth-order valence-corrected chi connectivity index (χ4v) is 7.27. The van der Waals surface area contributed by atoms with Crippen LogP contribution in [0.15, 0.2) is 199 Å². The van der Waals surface area contributed by atoms with Crippen LogP contribution in [0.25, 0.3) is 78.0 Å². The maximum atomic E-state index is 6.55. The summed E-state index contributed by atoms with van der Waals surface area (Å²) in [6.07, 6.45) is 0. The molecule has 0 N–H and O–H groups in total. The molecule has 0 unspecified atom stereocenters. The van der Waals surface area contributed by atoms with Crippen LogP contribution in [-0.2, 0) is 0 Å². The highest BCUT2D eigenvalue weighted by molar-refractivity contribution is 6.13. The fraction of sp³-hybridized carbons (Fsp3) is 0. The molecular formula is C49H32N4O. The molecule has 0 radical (unpaired) electrons. The fourth-order valence-electron chi connectivity index (χ4n) is 7.27. The van der Waals surface area contributed by atoms with E-state index in [9.17, 15) is 0 Å². The number of fused-ring (bicyclic) bond motifs is 4. The minimum absolute atomic E-state index is 0.624. The lowest BCUT2D eigenvalue weighted by Crippen LogP contribution is -2.09. The number of benzene rings is 8. The topological polar surface area (TPSA) is 55.1 Å². The third kappa shape index (κ3) is 5.74. The first kappa shape index (κ1) is 31.4. The summed E-state index contributed by atoms with van der Waals surface area (Å²) < 4.78 is 6.55. The first-order chi connectivity index (χ1) is 26.7. The lowest BCUT2D eigenvalue weighted by molar-refractivity contribution is 0.669. The van der Waals surface area contributed by atoms with Crippen LogP contribution in [0.5, 0.6) is 0 Å². The average molecular weight is 693 g/mol.